The number of aromatic nitrogens is 4. The van der Waals surface area contributed by atoms with Gasteiger partial charge in [0.25, 0.3) is 0 Å². The number of anilines is 1. The van der Waals surface area contributed by atoms with Crippen molar-refractivity contribution in [1.82, 2.24) is 19.9 Å². The maximum atomic E-state index is 11.8. The SMILES string of the molecule is CS(=O)(=O)Cc1cc(N2CCOCC2)nc(-c2ccc3[nH]c(=O)[nH]c3c2)n1. The van der Waals surface area contributed by atoms with Gasteiger partial charge in [0.2, 0.25) is 0 Å². The van der Waals surface area contributed by atoms with E-state index in [1.54, 1.807) is 24.3 Å². The van der Waals surface area contributed by atoms with E-state index in [4.69, 9.17) is 4.74 Å². The number of hydrogen-bond acceptors (Lipinski definition) is 7. The number of rotatable bonds is 4. The van der Waals surface area contributed by atoms with E-state index in [2.05, 4.69) is 24.8 Å². The smallest absolute Gasteiger partial charge is 0.323 e. The van der Waals surface area contributed by atoms with E-state index in [9.17, 15) is 13.2 Å². The molecule has 0 spiro atoms. The summed E-state index contributed by atoms with van der Waals surface area (Å²) in [5, 5.41) is 0. The van der Waals surface area contributed by atoms with Crippen LogP contribution < -0.4 is 10.6 Å². The Morgan fingerprint density at radius 3 is 2.59 bits per heavy atom. The molecule has 1 saturated heterocycles. The molecule has 0 atom stereocenters. The van der Waals surface area contributed by atoms with E-state index in [-0.39, 0.29) is 11.4 Å². The minimum atomic E-state index is -3.24. The maximum Gasteiger partial charge on any atom is 0.323 e. The molecule has 1 aliphatic rings. The predicted molar refractivity (Wildman–Crippen MR) is 102 cm³/mol. The van der Waals surface area contributed by atoms with Crippen LogP contribution >= 0.6 is 0 Å². The van der Waals surface area contributed by atoms with Crippen molar-refractivity contribution in [2.24, 2.45) is 0 Å². The Hall–Kier alpha value is -2.72. The lowest BCUT2D eigenvalue weighted by Crippen LogP contribution is -2.37. The average molecular weight is 389 g/mol. The normalized spacial score (nSPS) is 15.4. The van der Waals surface area contributed by atoms with Crippen LogP contribution in [0.4, 0.5) is 5.82 Å². The number of imidazole rings is 1. The number of fused-ring (bicyclic) bond motifs is 1. The molecular formula is C17H19N5O4S. The Morgan fingerprint density at radius 2 is 1.85 bits per heavy atom. The molecule has 27 heavy (non-hydrogen) atoms. The molecule has 1 fully saturated rings. The first-order valence-electron chi connectivity index (χ1n) is 8.48. The lowest BCUT2D eigenvalue weighted by atomic mass is 10.2. The lowest BCUT2D eigenvalue weighted by Gasteiger charge is -2.28. The molecule has 0 radical (unpaired) electrons. The molecule has 3 heterocycles. The van der Waals surface area contributed by atoms with Crippen molar-refractivity contribution < 1.29 is 13.2 Å². The molecule has 10 heteroatoms. The van der Waals surface area contributed by atoms with Gasteiger partial charge in [-0.2, -0.15) is 0 Å². The Labute approximate surface area is 155 Å². The highest BCUT2D eigenvalue weighted by atomic mass is 32.2. The van der Waals surface area contributed by atoms with Gasteiger partial charge in [-0.3, -0.25) is 0 Å². The van der Waals surface area contributed by atoms with E-state index in [1.165, 1.54) is 6.26 Å². The predicted octanol–water partition coefficient (Wildman–Crippen LogP) is 0.694. The summed E-state index contributed by atoms with van der Waals surface area (Å²) >= 11 is 0. The first-order valence-corrected chi connectivity index (χ1v) is 10.5. The number of H-pyrrole nitrogens is 2. The maximum absolute atomic E-state index is 11.8. The van der Waals surface area contributed by atoms with Gasteiger partial charge in [-0.1, -0.05) is 0 Å². The molecule has 2 aromatic heterocycles. The topological polar surface area (TPSA) is 121 Å². The van der Waals surface area contributed by atoms with Gasteiger partial charge in [-0.05, 0) is 18.2 Å². The molecule has 1 aromatic carbocycles. The van der Waals surface area contributed by atoms with Crippen molar-refractivity contribution in [3.05, 3.63) is 40.4 Å². The van der Waals surface area contributed by atoms with Gasteiger partial charge >= 0.3 is 5.69 Å². The molecule has 0 unspecified atom stereocenters. The van der Waals surface area contributed by atoms with Gasteiger partial charge in [0.05, 0.1) is 35.7 Å². The van der Waals surface area contributed by atoms with E-state index in [0.717, 1.165) is 0 Å². The average Bonchev–Trinajstić information content (AvgIpc) is 3.00. The van der Waals surface area contributed by atoms with E-state index >= 15 is 0 Å². The van der Waals surface area contributed by atoms with Gasteiger partial charge in [-0.25, -0.2) is 23.2 Å². The van der Waals surface area contributed by atoms with Crippen molar-refractivity contribution >= 4 is 26.7 Å². The van der Waals surface area contributed by atoms with E-state index < -0.39 is 9.84 Å². The van der Waals surface area contributed by atoms with Crippen LogP contribution in [0.2, 0.25) is 0 Å². The Kier molecular flexibility index (Phi) is 4.44. The summed E-state index contributed by atoms with van der Waals surface area (Å²) in [4.78, 5) is 28.0. The fourth-order valence-electron chi connectivity index (χ4n) is 3.08. The molecule has 0 saturated carbocycles. The lowest BCUT2D eigenvalue weighted by molar-refractivity contribution is 0.122. The van der Waals surface area contributed by atoms with Crippen LogP contribution in [0.3, 0.4) is 0 Å². The summed E-state index contributed by atoms with van der Waals surface area (Å²) in [6, 6.07) is 7.06. The fourth-order valence-corrected chi connectivity index (χ4v) is 3.77. The van der Waals surface area contributed by atoms with Crippen LogP contribution in [0.15, 0.2) is 29.1 Å². The Morgan fingerprint density at radius 1 is 1.11 bits per heavy atom. The molecule has 142 valence electrons. The minimum absolute atomic E-state index is 0.164. The molecule has 4 rings (SSSR count). The molecular weight excluding hydrogens is 370 g/mol. The third kappa shape index (κ3) is 4.01. The molecule has 0 bridgehead atoms. The first-order chi connectivity index (χ1) is 12.9. The summed E-state index contributed by atoms with van der Waals surface area (Å²) < 4.78 is 28.9. The van der Waals surface area contributed by atoms with Crippen molar-refractivity contribution in [3.63, 3.8) is 0 Å². The molecule has 1 aliphatic heterocycles. The Bertz CT molecular complexity index is 1150. The van der Waals surface area contributed by atoms with Crippen LogP contribution in [0.25, 0.3) is 22.4 Å². The number of nitrogens with one attached hydrogen (secondary N) is 2. The number of nitrogens with zero attached hydrogens (tertiary/aromatic N) is 3. The standard InChI is InChI=1S/C17H19N5O4S/c1-27(24,25)10-12-9-15(22-4-6-26-7-5-22)21-16(18-12)11-2-3-13-14(8-11)20-17(23)19-13/h2-3,8-9H,4-7,10H2,1H3,(H2,19,20,23). The third-order valence-electron chi connectivity index (χ3n) is 4.28. The zero-order valence-electron chi connectivity index (χ0n) is 14.7. The van der Waals surface area contributed by atoms with Crippen LogP contribution in [0.1, 0.15) is 5.69 Å². The summed E-state index contributed by atoms with van der Waals surface area (Å²) in [7, 11) is -3.24. The van der Waals surface area contributed by atoms with Gasteiger partial charge in [-0.15, -0.1) is 0 Å². The molecule has 9 nitrogen and oxygen atoms in total. The number of ether oxygens (including phenoxy) is 1. The zero-order valence-corrected chi connectivity index (χ0v) is 15.5. The minimum Gasteiger partial charge on any atom is -0.378 e. The number of hydrogen-bond donors (Lipinski definition) is 2. The van der Waals surface area contributed by atoms with Crippen molar-refractivity contribution in [2.75, 3.05) is 37.5 Å². The summed E-state index contributed by atoms with van der Waals surface area (Å²) in [5.41, 5.74) is 2.17. The largest absolute Gasteiger partial charge is 0.378 e. The monoisotopic (exact) mass is 389 g/mol. The second-order valence-electron chi connectivity index (χ2n) is 6.55. The fraction of sp³-hybridized carbons (Fsp3) is 0.353. The number of benzene rings is 1. The molecule has 0 aliphatic carbocycles. The quantitative estimate of drug-likeness (QED) is 0.673. The Balaban J connectivity index is 1.81. The molecule has 3 aromatic rings. The second-order valence-corrected chi connectivity index (χ2v) is 8.69. The van der Waals surface area contributed by atoms with Crippen LogP contribution in [-0.4, -0.2) is 60.9 Å². The second kappa shape index (κ2) is 6.78. The van der Waals surface area contributed by atoms with Gasteiger partial charge in [0.15, 0.2) is 15.7 Å². The highest BCUT2D eigenvalue weighted by Crippen LogP contribution is 2.24. The van der Waals surface area contributed by atoms with Crippen molar-refractivity contribution in [1.29, 1.82) is 0 Å². The van der Waals surface area contributed by atoms with Gasteiger partial charge < -0.3 is 19.6 Å². The first kappa shape index (κ1) is 17.7. The zero-order chi connectivity index (χ0) is 19.0. The van der Waals surface area contributed by atoms with Gasteiger partial charge in [0, 0.05) is 31.0 Å². The van der Waals surface area contributed by atoms with Gasteiger partial charge in [0.1, 0.15) is 5.82 Å². The summed E-state index contributed by atoms with van der Waals surface area (Å²) in [5.74, 6) is 0.925. The number of aromatic amines is 2. The highest BCUT2D eigenvalue weighted by Gasteiger charge is 2.17. The summed E-state index contributed by atoms with van der Waals surface area (Å²) in [6.45, 7) is 2.55. The van der Waals surface area contributed by atoms with Crippen molar-refractivity contribution in [2.45, 2.75) is 5.75 Å². The van der Waals surface area contributed by atoms with Crippen LogP contribution in [0.5, 0.6) is 0 Å². The van der Waals surface area contributed by atoms with Crippen LogP contribution in [0, 0.1) is 0 Å². The van der Waals surface area contributed by atoms with Crippen molar-refractivity contribution in [3.8, 4) is 11.4 Å². The van der Waals surface area contributed by atoms with Crippen LogP contribution in [-0.2, 0) is 20.3 Å². The summed E-state index contributed by atoms with van der Waals surface area (Å²) in [6.07, 6.45) is 1.18. The molecule has 2 N–H and O–H groups in total. The highest BCUT2D eigenvalue weighted by molar-refractivity contribution is 7.89. The van der Waals surface area contributed by atoms with E-state index in [1.807, 2.05) is 0 Å². The molecule has 0 amide bonds. The van der Waals surface area contributed by atoms with E-state index in [0.29, 0.717) is 60.2 Å². The number of morpholine rings is 1. The third-order valence-corrected chi connectivity index (χ3v) is 5.11. The number of sulfone groups is 1.